The topological polar surface area (TPSA) is 120 Å². The van der Waals surface area contributed by atoms with Gasteiger partial charge in [-0.1, -0.05) is 18.8 Å². The van der Waals surface area contributed by atoms with Gasteiger partial charge in [0.1, 0.15) is 28.6 Å². The van der Waals surface area contributed by atoms with Crippen molar-refractivity contribution in [2.45, 2.75) is 32.8 Å². The van der Waals surface area contributed by atoms with Crippen LogP contribution in [0.15, 0.2) is 39.7 Å². The third-order valence-electron chi connectivity index (χ3n) is 5.06. The molecule has 3 N–H and O–H groups in total. The van der Waals surface area contributed by atoms with Crippen molar-refractivity contribution in [3.63, 3.8) is 0 Å². The molecule has 32 heavy (non-hydrogen) atoms. The predicted molar refractivity (Wildman–Crippen MR) is 116 cm³/mol. The number of aliphatic hydroxyl groups excluding tert-OH is 1. The minimum absolute atomic E-state index is 0.0172. The standard InChI is InChI=1S/C22H27FN4O5/c1-12(9-7-8-10-13(2)23)18-16-15(24-4)17(28)14(19(29)25-5)20(30)27(16)11-22(3,32-18)21(31)26-6/h10,12,28H,9,11H2,1-6H3,(H,25,29)(H,26,31)/b13-10+,24-15?/t12-,22-/m0/s1. The van der Waals surface area contributed by atoms with Crippen LogP contribution in [-0.2, 0) is 19.1 Å². The number of carbonyl (C=O) groups excluding carboxylic acids is 3. The van der Waals surface area contributed by atoms with Crippen molar-refractivity contribution in [3.8, 4) is 11.8 Å². The van der Waals surface area contributed by atoms with Crippen LogP contribution in [0.5, 0.6) is 0 Å². The predicted octanol–water partition coefficient (Wildman–Crippen LogP) is 1.11. The molecule has 172 valence electrons. The van der Waals surface area contributed by atoms with Gasteiger partial charge in [-0.25, -0.2) is 4.39 Å². The second-order valence-corrected chi connectivity index (χ2v) is 7.55. The number of amides is 3. The van der Waals surface area contributed by atoms with Gasteiger partial charge in [0.05, 0.1) is 6.54 Å². The number of hydrogen-bond donors (Lipinski definition) is 3. The molecule has 0 aromatic rings. The lowest BCUT2D eigenvalue weighted by atomic mass is 9.90. The highest BCUT2D eigenvalue weighted by molar-refractivity contribution is 6.30. The van der Waals surface area contributed by atoms with Crippen LogP contribution in [0, 0.1) is 17.8 Å². The van der Waals surface area contributed by atoms with E-state index in [2.05, 4.69) is 27.5 Å². The number of nitrogens with zero attached hydrogens (tertiary/aromatic N) is 2. The number of carbonyl (C=O) groups is 3. The summed E-state index contributed by atoms with van der Waals surface area (Å²) in [7, 11) is 4.17. The summed E-state index contributed by atoms with van der Waals surface area (Å²) in [6, 6.07) is 0. The summed E-state index contributed by atoms with van der Waals surface area (Å²) in [6.45, 7) is 4.34. The van der Waals surface area contributed by atoms with Crippen molar-refractivity contribution < 1.29 is 28.6 Å². The first-order valence-corrected chi connectivity index (χ1v) is 9.93. The van der Waals surface area contributed by atoms with E-state index in [9.17, 15) is 23.9 Å². The molecule has 0 saturated carbocycles. The van der Waals surface area contributed by atoms with Gasteiger partial charge in [0.2, 0.25) is 5.60 Å². The zero-order valence-electron chi connectivity index (χ0n) is 18.9. The fourth-order valence-corrected chi connectivity index (χ4v) is 3.43. The van der Waals surface area contributed by atoms with Crippen molar-refractivity contribution in [3.05, 3.63) is 34.7 Å². The average Bonchev–Trinajstić information content (AvgIpc) is 2.76. The monoisotopic (exact) mass is 446 g/mol. The third-order valence-corrected chi connectivity index (χ3v) is 5.06. The highest BCUT2D eigenvalue weighted by atomic mass is 19.1. The lowest BCUT2D eigenvalue weighted by Crippen LogP contribution is -2.60. The Balaban J connectivity index is 2.71. The molecule has 2 aliphatic rings. The molecule has 9 nitrogen and oxygen atoms in total. The molecule has 10 heteroatoms. The number of allylic oxidation sites excluding steroid dienone is 3. The van der Waals surface area contributed by atoms with E-state index >= 15 is 0 Å². The Labute approximate surface area is 186 Å². The highest BCUT2D eigenvalue weighted by Crippen LogP contribution is 2.38. The maximum absolute atomic E-state index is 13.2. The number of fused-ring (bicyclic) bond motifs is 1. The van der Waals surface area contributed by atoms with Crippen molar-refractivity contribution in [2.75, 3.05) is 27.7 Å². The molecule has 0 saturated heterocycles. The van der Waals surface area contributed by atoms with Crippen LogP contribution in [0.2, 0.25) is 0 Å². The third kappa shape index (κ3) is 4.51. The number of ether oxygens (including phenoxy) is 1. The van der Waals surface area contributed by atoms with Crippen molar-refractivity contribution in [1.82, 2.24) is 15.5 Å². The molecule has 0 aromatic carbocycles. The van der Waals surface area contributed by atoms with Crippen LogP contribution in [0.3, 0.4) is 0 Å². The van der Waals surface area contributed by atoms with Crippen molar-refractivity contribution in [1.29, 1.82) is 0 Å². The minimum atomic E-state index is -1.47. The van der Waals surface area contributed by atoms with E-state index < -0.39 is 46.4 Å². The fourth-order valence-electron chi connectivity index (χ4n) is 3.43. The van der Waals surface area contributed by atoms with E-state index in [-0.39, 0.29) is 30.1 Å². The van der Waals surface area contributed by atoms with Crippen LogP contribution in [0.4, 0.5) is 4.39 Å². The first kappa shape index (κ1) is 24.7. The summed E-state index contributed by atoms with van der Waals surface area (Å²) < 4.78 is 19.0. The van der Waals surface area contributed by atoms with Crippen LogP contribution in [0.25, 0.3) is 0 Å². The number of rotatable bonds is 4. The molecule has 0 spiro atoms. The number of aliphatic imine (C=N–C) groups is 1. The van der Waals surface area contributed by atoms with E-state index in [0.29, 0.717) is 0 Å². The molecule has 0 fully saturated rings. The molecule has 2 heterocycles. The van der Waals surface area contributed by atoms with Gasteiger partial charge in [-0.2, -0.15) is 0 Å². The molecular weight excluding hydrogens is 419 g/mol. The summed E-state index contributed by atoms with van der Waals surface area (Å²) in [5, 5.41) is 15.5. The van der Waals surface area contributed by atoms with E-state index in [1.54, 1.807) is 6.92 Å². The lowest BCUT2D eigenvalue weighted by molar-refractivity contribution is -0.149. The second-order valence-electron chi connectivity index (χ2n) is 7.55. The number of hydrogen-bond acceptors (Lipinski definition) is 6. The van der Waals surface area contributed by atoms with E-state index in [1.807, 2.05) is 0 Å². The van der Waals surface area contributed by atoms with Crippen LogP contribution < -0.4 is 10.6 Å². The number of aliphatic hydroxyl groups is 1. The molecule has 0 bridgehead atoms. The molecule has 0 unspecified atom stereocenters. The van der Waals surface area contributed by atoms with Crippen LogP contribution in [0.1, 0.15) is 27.2 Å². The van der Waals surface area contributed by atoms with Crippen LogP contribution in [-0.4, -0.2) is 66.7 Å². The van der Waals surface area contributed by atoms with Gasteiger partial charge in [0.15, 0.2) is 5.76 Å². The quantitative estimate of drug-likeness (QED) is 0.441. The maximum atomic E-state index is 13.2. The minimum Gasteiger partial charge on any atom is -0.505 e. The van der Waals surface area contributed by atoms with Crippen molar-refractivity contribution >= 4 is 23.4 Å². The molecular formula is C22H27FN4O5. The Morgan fingerprint density at radius 2 is 2.06 bits per heavy atom. The summed E-state index contributed by atoms with van der Waals surface area (Å²) >= 11 is 0. The number of likely N-dealkylation sites (N-methyl/N-ethyl adjacent to an activating group) is 2. The number of nitrogens with one attached hydrogen (secondary N) is 2. The zero-order chi connectivity index (χ0) is 24.2. The number of halogens is 1. The summed E-state index contributed by atoms with van der Waals surface area (Å²) in [5.41, 5.74) is -1.81. The smallest absolute Gasteiger partial charge is 0.268 e. The zero-order valence-corrected chi connectivity index (χ0v) is 18.9. The molecule has 2 aliphatic heterocycles. The SMILES string of the molecule is CN=C1C(O)=C(C(=O)NC)C(=O)N2C[C@@](C)(C(=O)NC)OC([C@@H](C)CC#C/C=C(\C)F)=C12. The molecule has 3 amide bonds. The van der Waals surface area contributed by atoms with Gasteiger partial charge in [-0.3, -0.25) is 24.3 Å². The van der Waals surface area contributed by atoms with Gasteiger partial charge in [0, 0.05) is 39.6 Å². The maximum Gasteiger partial charge on any atom is 0.268 e. The lowest BCUT2D eigenvalue weighted by Gasteiger charge is -2.44. The first-order chi connectivity index (χ1) is 15.0. The van der Waals surface area contributed by atoms with Gasteiger partial charge < -0.3 is 20.5 Å². The van der Waals surface area contributed by atoms with Gasteiger partial charge in [-0.05, 0) is 13.8 Å². The average molecular weight is 446 g/mol. The summed E-state index contributed by atoms with van der Waals surface area (Å²) in [4.78, 5) is 43.4. The molecule has 0 radical (unpaired) electrons. The highest BCUT2D eigenvalue weighted by Gasteiger charge is 2.51. The van der Waals surface area contributed by atoms with Gasteiger partial charge in [-0.15, -0.1) is 0 Å². The Bertz CT molecular complexity index is 1030. The van der Waals surface area contributed by atoms with Gasteiger partial charge in [0.25, 0.3) is 17.7 Å². The Hall–Kier alpha value is -3.61. The summed E-state index contributed by atoms with van der Waals surface area (Å²) in [5.74, 6) is 2.07. The Morgan fingerprint density at radius 3 is 2.59 bits per heavy atom. The first-order valence-electron chi connectivity index (χ1n) is 9.93. The van der Waals surface area contributed by atoms with Gasteiger partial charge >= 0.3 is 0 Å². The van der Waals surface area contributed by atoms with E-state index in [0.717, 1.165) is 6.08 Å². The molecule has 2 atom stereocenters. The molecule has 0 aromatic heterocycles. The van der Waals surface area contributed by atoms with Crippen molar-refractivity contribution in [2.24, 2.45) is 10.9 Å². The summed E-state index contributed by atoms with van der Waals surface area (Å²) in [6.07, 6.45) is 1.33. The Morgan fingerprint density at radius 1 is 1.41 bits per heavy atom. The molecule has 2 rings (SSSR count). The molecule has 0 aliphatic carbocycles. The Kier molecular flexibility index (Phi) is 7.46. The van der Waals surface area contributed by atoms with Crippen LogP contribution >= 0.6 is 0 Å². The van der Waals surface area contributed by atoms with E-state index in [1.165, 1.54) is 39.9 Å². The largest absolute Gasteiger partial charge is 0.505 e. The second kappa shape index (κ2) is 9.68. The normalized spacial score (nSPS) is 23.2. The fraction of sp³-hybridized carbons (Fsp3) is 0.455. The van der Waals surface area contributed by atoms with E-state index in [4.69, 9.17) is 4.74 Å².